The number of aromatic nitrogens is 1. The monoisotopic (exact) mass is 244 g/mol. The van der Waals surface area contributed by atoms with Crippen LogP contribution in [0.4, 0.5) is 5.69 Å². The molecule has 18 heavy (non-hydrogen) atoms. The molecule has 0 aliphatic carbocycles. The lowest BCUT2D eigenvalue weighted by Crippen LogP contribution is -2.04. The Labute approximate surface area is 104 Å². The number of hydrogen-bond acceptors (Lipinski definition) is 4. The van der Waals surface area contributed by atoms with E-state index < -0.39 is 5.97 Å². The Kier molecular flexibility index (Phi) is 3.14. The quantitative estimate of drug-likeness (QED) is 0.866. The van der Waals surface area contributed by atoms with Crippen LogP contribution in [0.15, 0.2) is 36.5 Å². The van der Waals surface area contributed by atoms with Gasteiger partial charge in [-0.15, -0.1) is 0 Å². The van der Waals surface area contributed by atoms with E-state index >= 15 is 0 Å². The van der Waals surface area contributed by atoms with Crippen LogP contribution in [-0.2, 0) is 0 Å². The molecule has 92 valence electrons. The number of aryl methyl sites for hydroxylation is 1. The van der Waals surface area contributed by atoms with E-state index in [2.05, 4.69) is 4.98 Å². The third-order valence-electron chi connectivity index (χ3n) is 2.40. The summed E-state index contributed by atoms with van der Waals surface area (Å²) in [4.78, 5) is 15.0. The minimum Gasteiger partial charge on any atom is -0.477 e. The van der Waals surface area contributed by atoms with Crippen molar-refractivity contribution in [1.29, 1.82) is 0 Å². The van der Waals surface area contributed by atoms with Gasteiger partial charge in [-0.2, -0.15) is 0 Å². The molecule has 0 saturated heterocycles. The van der Waals surface area contributed by atoms with Crippen LogP contribution in [0.25, 0.3) is 0 Å². The fourth-order valence-electron chi connectivity index (χ4n) is 1.48. The second-order valence-corrected chi connectivity index (χ2v) is 3.79. The molecule has 2 aromatic rings. The lowest BCUT2D eigenvalue weighted by Gasteiger charge is -2.09. The molecule has 0 spiro atoms. The summed E-state index contributed by atoms with van der Waals surface area (Å²) < 4.78 is 5.51. The SMILES string of the molecule is Cc1ccccc1Oc1ncc(N)cc1C(=O)O. The van der Waals surface area contributed by atoms with Crippen molar-refractivity contribution in [1.82, 2.24) is 4.98 Å². The van der Waals surface area contributed by atoms with Gasteiger partial charge in [0.05, 0.1) is 11.9 Å². The standard InChI is InChI=1S/C13H12N2O3/c1-8-4-2-3-5-11(8)18-12-10(13(16)17)6-9(14)7-15-12/h2-7H,14H2,1H3,(H,16,17). The Balaban J connectivity index is 2.41. The van der Waals surface area contributed by atoms with Crippen LogP contribution < -0.4 is 10.5 Å². The predicted octanol–water partition coefficient (Wildman–Crippen LogP) is 2.46. The van der Waals surface area contributed by atoms with Crippen molar-refractivity contribution in [3.8, 4) is 11.6 Å². The molecular weight excluding hydrogens is 232 g/mol. The van der Waals surface area contributed by atoms with Gasteiger partial charge in [-0.3, -0.25) is 0 Å². The molecule has 0 amide bonds. The Morgan fingerprint density at radius 1 is 1.39 bits per heavy atom. The van der Waals surface area contributed by atoms with Crippen LogP contribution in [0.3, 0.4) is 0 Å². The molecule has 3 N–H and O–H groups in total. The summed E-state index contributed by atoms with van der Waals surface area (Å²) in [7, 11) is 0. The lowest BCUT2D eigenvalue weighted by molar-refractivity contribution is 0.0693. The summed E-state index contributed by atoms with van der Waals surface area (Å²) in [6.45, 7) is 1.87. The number of nitrogen functional groups attached to an aromatic ring is 1. The lowest BCUT2D eigenvalue weighted by atomic mass is 10.2. The van der Waals surface area contributed by atoms with E-state index in [9.17, 15) is 4.79 Å². The van der Waals surface area contributed by atoms with Crippen molar-refractivity contribution in [3.63, 3.8) is 0 Å². The Bertz CT molecular complexity index is 597. The number of rotatable bonds is 3. The second-order valence-electron chi connectivity index (χ2n) is 3.79. The normalized spacial score (nSPS) is 10.1. The highest BCUT2D eigenvalue weighted by atomic mass is 16.5. The van der Waals surface area contributed by atoms with Crippen LogP contribution in [0.5, 0.6) is 11.6 Å². The van der Waals surface area contributed by atoms with Crippen LogP contribution >= 0.6 is 0 Å². The molecule has 0 fully saturated rings. The van der Waals surface area contributed by atoms with Gasteiger partial charge >= 0.3 is 5.97 Å². The smallest absolute Gasteiger partial charge is 0.341 e. The fourth-order valence-corrected chi connectivity index (χ4v) is 1.48. The zero-order chi connectivity index (χ0) is 13.1. The molecule has 0 atom stereocenters. The first-order chi connectivity index (χ1) is 8.58. The van der Waals surface area contributed by atoms with Crippen molar-refractivity contribution in [3.05, 3.63) is 47.7 Å². The number of carboxylic acids is 1. The van der Waals surface area contributed by atoms with E-state index in [1.165, 1.54) is 12.3 Å². The first-order valence-corrected chi connectivity index (χ1v) is 5.30. The summed E-state index contributed by atoms with van der Waals surface area (Å²) in [5.41, 5.74) is 6.63. The third kappa shape index (κ3) is 2.40. The van der Waals surface area contributed by atoms with Gasteiger partial charge in [-0.05, 0) is 24.6 Å². The minimum absolute atomic E-state index is 0.0333. The largest absolute Gasteiger partial charge is 0.477 e. The van der Waals surface area contributed by atoms with Gasteiger partial charge in [0.15, 0.2) is 0 Å². The summed E-state index contributed by atoms with van der Waals surface area (Å²) in [5, 5.41) is 9.06. The van der Waals surface area contributed by atoms with Gasteiger partial charge < -0.3 is 15.6 Å². The Hall–Kier alpha value is -2.56. The Morgan fingerprint density at radius 2 is 2.11 bits per heavy atom. The van der Waals surface area contributed by atoms with E-state index in [1.807, 2.05) is 19.1 Å². The molecule has 1 aromatic carbocycles. The summed E-state index contributed by atoms with van der Waals surface area (Å²) >= 11 is 0. The van der Waals surface area contributed by atoms with E-state index in [0.717, 1.165) is 5.56 Å². The van der Waals surface area contributed by atoms with Gasteiger partial charge in [0.1, 0.15) is 11.3 Å². The molecule has 5 nitrogen and oxygen atoms in total. The number of nitrogens with zero attached hydrogens (tertiary/aromatic N) is 1. The van der Waals surface area contributed by atoms with Gasteiger partial charge in [-0.25, -0.2) is 9.78 Å². The molecule has 0 unspecified atom stereocenters. The number of aromatic carboxylic acids is 1. The summed E-state index contributed by atoms with van der Waals surface area (Å²) in [6.07, 6.45) is 1.36. The fraction of sp³-hybridized carbons (Fsp3) is 0.0769. The van der Waals surface area contributed by atoms with Gasteiger partial charge in [0, 0.05) is 0 Å². The number of carbonyl (C=O) groups is 1. The number of nitrogens with two attached hydrogens (primary N) is 1. The Morgan fingerprint density at radius 3 is 2.78 bits per heavy atom. The number of ether oxygens (including phenoxy) is 1. The number of hydrogen-bond donors (Lipinski definition) is 2. The summed E-state index contributed by atoms with van der Waals surface area (Å²) in [6, 6.07) is 8.62. The van der Waals surface area contributed by atoms with Crippen molar-refractivity contribution < 1.29 is 14.6 Å². The maximum absolute atomic E-state index is 11.1. The predicted molar refractivity (Wildman–Crippen MR) is 66.9 cm³/mol. The number of para-hydroxylation sites is 1. The van der Waals surface area contributed by atoms with Crippen LogP contribution in [0.2, 0.25) is 0 Å². The maximum Gasteiger partial charge on any atom is 0.341 e. The van der Waals surface area contributed by atoms with Crippen molar-refractivity contribution in [2.45, 2.75) is 6.92 Å². The molecule has 0 aliphatic heterocycles. The highest BCUT2D eigenvalue weighted by Crippen LogP contribution is 2.26. The van der Waals surface area contributed by atoms with E-state index in [4.69, 9.17) is 15.6 Å². The highest BCUT2D eigenvalue weighted by molar-refractivity contribution is 5.91. The van der Waals surface area contributed by atoms with E-state index in [0.29, 0.717) is 5.75 Å². The van der Waals surface area contributed by atoms with Crippen molar-refractivity contribution >= 4 is 11.7 Å². The van der Waals surface area contributed by atoms with E-state index in [1.54, 1.807) is 12.1 Å². The third-order valence-corrected chi connectivity index (χ3v) is 2.40. The number of anilines is 1. The molecule has 0 bridgehead atoms. The van der Waals surface area contributed by atoms with Gasteiger partial charge in [0.2, 0.25) is 5.88 Å². The van der Waals surface area contributed by atoms with Crippen LogP contribution in [0, 0.1) is 6.92 Å². The zero-order valence-corrected chi connectivity index (χ0v) is 9.75. The molecular formula is C13H12N2O3. The van der Waals surface area contributed by atoms with Gasteiger partial charge in [0.25, 0.3) is 0 Å². The first-order valence-electron chi connectivity index (χ1n) is 5.30. The zero-order valence-electron chi connectivity index (χ0n) is 9.75. The number of carboxylic acid groups (broad SMARTS) is 1. The van der Waals surface area contributed by atoms with Crippen LogP contribution in [-0.4, -0.2) is 16.1 Å². The summed E-state index contributed by atoms with van der Waals surface area (Å²) in [5.74, 6) is -0.526. The molecule has 1 heterocycles. The topological polar surface area (TPSA) is 85.4 Å². The maximum atomic E-state index is 11.1. The molecule has 0 radical (unpaired) electrons. The molecule has 2 rings (SSSR count). The van der Waals surface area contributed by atoms with Crippen molar-refractivity contribution in [2.24, 2.45) is 0 Å². The molecule has 0 saturated carbocycles. The number of pyridine rings is 1. The van der Waals surface area contributed by atoms with Gasteiger partial charge in [-0.1, -0.05) is 18.2 Å². The van der Waals surface area contributed by atoms with Crippen molar-refractivity contribution in [2.75, 3.05) is 5.73 Å². The molecule has 1 aromatic heterocycles. The second kappa shape index (κ2) is 4.75. The molecule has 0 aliphatic rings. The minimum atomic E-state index is -1.13. The average molecular weight is 244 g/mol. The molecule has 5 heteroatoms. The van der Waals surface area contributed by atoms with Crippen LogP contribution in [0.1, 0.15) is 15.9 Å². The van der Waals surface area contributed by atoms with E-state index in [-0.39, 0.29) is 17.1 Å². The first kappa shape index (κ1) is 11.9. The highest BCUT2D eigenvalue weighted by Gasteiger charge is 2.14. The average Bonchev–Trinajstić information content (AvgIpc) is 2.34. The number of benzene rings is 1.